The molecule has 0 aliphatic rings. The Morgan fingerprint density at radius 1 is 0.263 bits per heavy atom. The average molecular weight is 1110 g/mol. The molecule has 80 heavy (non-hydrogen) atoms. The van der Waals surface area contributed by atoms with Gasteiger partial charge >= 0.3 is 17.9 Å². The van der Waals surface area contributed by atoms with Crippen LogP contribution in [0.1, 0.15) is 310 Å². The van der Waals surface area contributed by atoms with Crippen molar-refractivity contribution in [1.82, 2.24) is 0 Å². The van der Waals surface area contributed by atoms with Crippen LogP contribution in [-0.2, 0) is 28.6 Å². The smallest absolute Gasteiger partial charge is 0.306 e. The van der Waals surface area contributed by atoms with Crippen molar-refractivity contribution < 1.29 is 28.6 Å². The molecule has 0 rings (SSSR count). The first-order valence-electron chi connectivity index (χ1n) is 33.5. The summed E-state index contributed by atoms with van der Waals surface area (Å²) in [6.45, 7) is 6.36. The van der Waals surface area contributed by atoms with Gasteiger partial charge in [0.2, 0.25) is 0 Å². The zero-order valence-electron chi connectivity index (χ0n) is 52.3. The Balaban J connectivity index is 4.19. The molecule has 0 aliphatic heterocycles. The van der Waals surface area contributed by atoms with E-state index in [2.05, 4.69) is 142 Å². The SMILES string of the molecule is CC/C=C\C/C=C\C/C=C\C/C=C\C/C=C\CCCCCCCCCCCCCCCCCC(=O)OCC(COC(=O)CCCCCCC/C=C\CCC)OC(=O)CCCCCCCCCC/C=C\C/C=C\C/C=C\C/C=C\CC. The van der Waals surface area contributed by atoms with E-state index in [-0.39, 0.29) is 31.1 Å². The molecule has 6 heteroatoms. The second kappa shape index (κ2) is 67.3. The lowest BCUT2D eigenvalue weighted by Gasteiger charge is -2.18. The summed E-state index contributed by atoms with van der Waals surface area (Å²) in [7, 11) is 0. The number of unbranched alkanes of at least 4 members (excludes halogenated alkanes) is 29. The van der Waals surface area contributed by atoms with Crippen molar-refractivity contribution >= 4 is 17.9 Å². The van der Waals surface area contributed by atoms with Crippen LogP contribution in [0.4, 0.5) is 0 Å². The van der Waals surface area contributed by atoms with Gasteiger partial charge in [-0.15, -0.1) is 0 Å². The van der Waals surface area contributed by atoms with E-state index < -0.39 is 6.10 Å². The first-order valence-corrected chi connectivity index (χ1v) is 33.5. The average Bonchev–Trinajstić information content (AvgIpc) is 3.46. The highest BCUT2D eigenvalue weighted by Gasteiger charge is 2.19. The van der Waals surface area contributed by atoms with Crippen LogP contribution in [0.15, 0.2) is 122 Å². The van der Waals surface area contributed by atoms with Gasteiger partial charge in [0.15, 0.2) is 6.10 Å². The molecule has 0 aliphatic carbocycles. The van der Waals surface area contributed by atoms with Crippen molar-refractivity contribution in [1.29, 1.82) is 0 Å². The van der Waals surface area contributed by atoms with Crippen LogP contribution in [0.5, 0.6) is 0 Å². The fraction of sp³-hybridized carbons (Fsp3) is 0.689. The lowest BCUT2D eigenvalue weighted by Crippen LogP contribution is -2.30. The van der Waals surface area contributed by atoms with Gasteiger partial charge in [-0.2, -0.15) is 0 Å². The monoisotopic (exact) mass is 1110 g/mol. The Bertz CT molecular complexity index is 1650. The fourth-order valence-corrected chi connectivity index (χ4v) is 9.23. The second-order valence-electron chi connectivity index (χ2n) is 22.0. The Hall–Kier alpha value is -4.19. The van der Waals surface area contributed by atoms with Crippen molar-refractivity contribution in [3.05, 3.63) is 122 Å². The maximum atomic E-state index is 12.9. The summed E-state index contributed by atoms with van der Waals surface area (Å²) in [5.41, 5.74) is 0. The zero-order chi connectivity index (χ0) is 57.8. The molecule has 0 bridgehead atoms. The van der Waals surface area contributed by atoms with E-state index in [4.69, 9.17) is 14.2 Å². The van der Waals surface area contributed by atoms with Crippen LogP contribution in [0, 0.1) is 0 Å². The van der Waals surface area contributed by atoms with Gasteiger partial charge in [-0.05, 0) is 122 Å². The minimum absolute atomic E-state index is 0.0841. The van der Waals surface area contributed by atoms with Gasteiger partial charge in [0, 0.05) is 19.3 Å². The molecular weight excluding hydrogens is 985 g/mol. The molecule has 0 saturated carbocycles. The molecule has 0 fully saturated rings. The van der Waals surface area contributed by atoms with Crippen LogP contribution >= 0.6 is 0 Å². The van der Waals surface area contributed by atoms with E-state index in [1.165, 1.54) is 135 Å². The van der Waals surface area contributed by atoms with Gasteiger partial charge in [-0.25, -0.2) is 0 Å². The molecule has 0 spiro atoms. The lowest BCUT2D eigenvalue weighted by molar-refractivity contribution is -0.167. The Kier molecular flexibility index (Phi) is 63.8. The molecule has 0 heterocycles. The molecule has 0 aromatic rings. The van der Waals surface area contributed by atoms with Crippen molar-refractivity contribution in [3.63, 3.8) is 0 Å². The molecule has 0 aromatic carbocycles. The van der Waals surface area contributed by atoms with E-state index in [1.807, 2.05) is 0 Å². The first-order chi connectivity index (χ1) is 39.5. The van der Waals surface area contributed by atoms with Crippen LogP contribution in [0.2, 0.25) is 0 Å². The van der Waals surface area contributed by atoms with E-state index in [9.17, 15) is 14.4 Å². The summed E-state index contributed by atoms with van der Waals surface area (Å²) in [5, 5.41) is 0. The number of allylic oxidation sites excluding steroid dienone is 20. The highest BCUT2D eigenvalue weighted by Crippen LogP contribution is 2.17. The molecule has 456 valence electrons. The number of ether oxygens (including phenoxy) is 3. The molecule has 1 unspecified atom stereocenters. The molecule has 6 nitrogen and oxygen atoms in total. The summed E-state index contributed by atoms with van der Waals surface area (Å²) in [6.07, 6.45) is 93.7. The minimum atomic E-state index is -0.788. The van der Waals surface area contributed by atoms with Crippen molar-refractivity contribution in [2.45, 2.75) is 316 Å². The molecule has 0 radical (unpaired) electrons. The van der Waals surface area contributed by atoms with Crippen molar-refractivity contribution in [2.24, 2.45) is 0 Å². The summed E-state index contributed by atoms with van der Waals surface area (Å²) < 4.78 is 16.9. The third-order valence-corrected chi connectivity index (χ3v) is 14.2. The summed E-state index contributed by atoms with van der Waals surface area (Å²) in [6, 6.07) is 0. The summed E-state index contributed by atoms with van der Waals surface area (Å²) in [4.78, 5) is 38.3. The van der Waals surface area contributed by atoms with Gasteiger partial charge < -0.3 is 14.2 Å². The number of rotatable bonds is 60. The quantitative estimate of drug-likeness (QED) is 0.0261. The number of esters is 3. The molecule has 1 atom stereocenters. The number of hydrogen-bond donors (Lipinski definition) is 0. The Labute approximate surface area is 494 Å². The molecule has 0 aromatic heterocycles. The maximum Gasteiger partial charge on any atom is 0.306 e. The second-order valence-corrected chi connectivity index (χ2v) is 22.0. The third-order valence-electron chi connectivity index (χ3n) is 14.2. The van der Waals surface area contributed by atoms with Gasteiger partial charge in [-0.3, -0.25) is 14.4 Å². The van der Waals surface area contributed by atoms with Gasteiger partial charge in [-0.1, -0.05) is 290 Å². The standard InChI is InChI=1S/C74H124O6/c1-4-7-10-13-16-19-22-24-26-28-30-32-33-34-35-36-37-38-39-40-41-43-44-46-48-50-52-55-58-61-64-67-73(76)79-70-71(69-78-72(75)66-63-60-57-54-21-18-15-12-9-6-3)80-74(77)68-65-62-59-56-53-51-49-47-45-42-31-29-27-25-23-20-17-14-11-8-5-2/h7-8,10-12,15-17,19-20,24-27,30-32,34-35,42,71H,4-6,9,13-14,18,21-23,28-29,33,36-41,43-70H2,1-3H3/b10-7-,11-8-,15-12-,19-16-,20-17-,26-24-,27-25-,32-30-,35-34-,42-31-. The molecular formula is C74H124O6. The van der Waals surface area contributed by atoms with Crippen LogP contribution in [-0.4, -0.2) is 37.2 Å². The summed E-state index contributed by atoms with van der Waals surface area (Å²) in [5.74, 6) is -0.896. The molecule has 0 N–H and O–H groups in total. The number of hydrogen-bond acceptors (Lipinski definition) is 6. The zero-order valence-corrected chi connectivity index (χ0v) is 52.3. The van der Waals surface area contributed by atoms with Crippen LogP contribution in [0.3, 0.4) is 0 Å². The van der Waals surface area contributed by atoms with E-state index >= 15 is 0 Å². The molecule has 0 saturated heterocycles. The Morgan fingerprint density at radius 3 is 0.775 bits per heavy atom. The minimum Gasteiger partial charge on any atom is -0.462 e. The lowest BCUT2D eigenvalue weighted by atomic mass is 10.0. The fourth-order valence-electron chi connectivity index (χ4n) is 9.23. The van der Waals surface area contributed by atoms with Gasteiger partial charge in [0.25, 0.3) is 0 Å². The normalized spacial score (nSPS) is 12.9. The third kappa shape index (κ3) is 64.6. The predicted molar refractivity (Wildman–Crippen MR) is 348 cm³/mol. The van der Waals surface area contributed by atoms with E-state index in [0.29, 0.717) is 19.3 Å². The van der Waals surface area contributed by atoms with Gasteiger partial charge in [0.1, 0.15) is 13.2 Å². The highest BCUT2D eigenvalue weighted by molar-refractivity contribution is 5.71. The largest absolute Gasteiger partial charge is 0.462 e. The van der Waals surface area contributed by atoms with Crippen LogP contribution < -0.4 is 0 Å². The number of carbonyl (C=O) groups excluding carboxylic acids is 3. The summed E-state index contributed by atoms with van der Waals surface area (Å²) >= 11 is 0. The van der Waals surface area contributed by atoms with E-state index in [1.54, 1.807) is 0 Å². The topological polar surface area (TPSA) is 78.9 Å². The van der Waals surface area contributed by atoms with Crippen molar-refractivity contribution in [3.8, 4) is 0 Å². The predicted octanol–water partition coefficient (Wildman–Crippen LogP) is 23.2. The highest BCUT2D eigenvalue weighted by atomic mass is 16.6. The van der Waals surface area contributed by atoms with Crippen molar-refractivity contribution in [2.75, 3.05) is 13.2 Å². The maximum absolute atomic E-state index is 12.9. The van der Waals surface area contributed by atoms with E-state index in [0.717, 1.165) is 135 Å². The van der Waals surface area contributed by atoms with Crippen LogP contribution in [0.25, 0.3) is 0 Å². The number of carbonyl (C=O) groups is 3. The van der Waals surface area contributed by atoms with Gasteiger partial charge in [0.05, 0.1) is 0 Å². The first kappa shape index (κ1) is 75.8. The molecule has 0 amide bonds. The Morgan fingerprint density at radius 2 is 0.487 bits per heavy atom.